The summed E-state index contributed by atoms with van der Waals surface area (Å²) in [5.74, 6) is -1.21. The molecule has 0 aliphatic rings. The zero-order valence-corrected chi connectivity index (χ0v) is 23.1. The largest absolute Gasteiger partial charge is 0.497 e. The van der Waals surface area contributed by atoms with Crippen LogP contribution in [0.2, 0.25) is 0 Å². The minimum Gasteiger partial charge on any atom is -0.497 e. The van der Waals surface area contributed by atoms with Crippen molar-refractivity contribution in [3.8, 4) is 5.75 Å². The first kappa shape index (κ1) is 30.0. The molecule has 0 aliphatic heterocycles. The van der Waals surface area contributed by atoms with E-state index in [-0.39, 0.29) is 30.6 Å². The summed E-state index contributed by atoms with van der Waals surface area (Å²) in [6.45, 7) is 4.90. The number of halogens is 1. The number of carbonyl (C=O) groups excluding carboxylic acids is 2. The quantitative estimate of drug-likeness (QED) is 0.424. The second kappa shape index (κ2) is 13.4. The fraction of sp³-hybridized carbons (Fsp3) is 0.462. The molecule has 0 radical (unpaired) electrons. The smallest absolute Gasteiger partial charge is 0.304 e. The Morgan fingerprint density at radius 1 is 1.05 bits per heavy atom. The van der Waals surface area contributed by atoms with E-state index in [2.05, 4.69) is 5.32 Å². The molecule has 0 saturated heterocycles. The highest BCUT2D eigenvalue weighted by atomic mass is 32.2. The summed E-state index contributed by atoms with van der Waals surface area (Å²) in [5.41, 5.74) is 0.429. The van der Waals surface area contributed by atoms with Crippen molar-refractivity contribution in [2.24, 2.45) is 0 Å². The Morgan fingerprint density at radius 3 is 2.30 bits per heavy atom. The monoisotopic (exact) mass is 536 g/mol. The van der Waals surface area contributed by atoms with E-state index in [4.69, 9.17) is 4.74 Å². The molecule has 2 amide bonds. The third-order valence-electron chi connectivity index (χ3n) is 6.01. The van der Waals surface area contributed by atoms with Gasteiger partial charge in [0.2, 0.25) is 11.8 Å². The molecular formula is C26H37FN4O5S. The van der Waals surface area contributed by atoms with E-state index in [9.17, 15) is 22.4 Å². The van der Waals surface area contributed by atoms with Crippen LogP contribution < -0.4 is 14.4 Å². The van der Waals surface area contributed by atoms with Gasteiger partial charge in [0.05, 0.1) is 12.8 Å². The van der Waals surface area contributed by atoms with Crippen LogP contribution in [0.5, 0.6) is 5.75 Å². The summed E-state index contributed by atoms with van der Waals surface area (Å²) in [6.07, 6.45) is 0.992. The third kappa shape index (κ3) is 7.65. The summed E-state index contributed by atoms with van der Waals surface area (Å²) in [5, 5.41) is 2.91. The highest BCUT2D eigenvalue weighted by Crippen LogP contribution is 2.24. The molecule has 2 atom stereocenters. The number of methoxy groups -OCH3 is 1. The second-order valence-electron chi connectivity index (χ2n) is 8.86. The van der Waals surface area contributed by atoms with Crippen molar-refractivity contribution in [3.63, 3.8) is 0 Å². The number of hydrogen-bond acceptors (Lipinski definition) is 5. The fourth-order valence-corrected chi connectivity index (χ4v) is 4.75. The average Bonchev–Trinajstić information content (AvgIpc) is 2.87. The molecule has 0 aliphatic carbocycles. The Morgan fingerprint density at radius 2 is 1.73 bits per heavy atom. The lowest BCUT2D eigenvalue weighted by Crippen LogP contribution is -2.54. The molecule has 0 fully saturated rings. The molecule has 204 valence electrons. The molecule has 9 nitrogen and oxygen atoms in total. The number of amides is 2. The van der Waals surface area contributed by atoms with E-state index in [1.165, 1.54) is 44.3 Å². The van der Waals surface area contributed by atoms with Crippen molar-refractivity contribution < 1.29 is 27.1 Å². The van der Waals surface area contributed by atoms with E-state index in [0.29, 0.717) is 17.7 Å². The van der Waals surface area contributed by atoms with Crippen molar-refractivity contribution in [2.45, 2.75) is 52.2 Å². The molecule has 2 aromatic rings. The van der Waals surface area contributed by atoms with Gasteiger partial charge in [0.25, 0.3) is 0 Å². The minimum atomic E-state index is -4.24. The topological polar surface area (TPSA) is 99.3 Å². The van der Waals surface area contributed by atoms with Gasteiger partial charge >= 0.3 is 10.2 Å². The van der Waals surface area contributed by atoms with Gasteiger partial charge < -0.3 is 15.0 Å². The van der Waals surface area contributed by atoms with Crippen LogP contribution in [0, 0.1) is 5.82 Å². The number of para-hydroxylation sites is 1. The first-order valence-corrected chi connectivity index (χ1v) is 13.5. The molecule has 0 saturated carbocycles. The molecule has 0 bridgehead atoms. The summed E-state index contributed by atoms with van der Waals surface area (Å²) in [6, 6.07) is 11.4. The maximum Gasteiger partial charge on any atom is 0.304 e. The second-order valence-corrected chi connectivity index (χ2v) is 10.9. The normalized spacial score (nSPS) is 13.1. The van der Waals surface area contributed by atoms with Crippen LogP contribution >= 0.6 is 0 Å². The van der Waals surface area contributed by atoms with E-state index >= 15 is 0 Å². The zero-order chi connectivity index (χ0) is 27.8. The van der Waals surface area contributed by atoms with Gasteiger partial charge in [-0.25, -0.2) is 8.70 Å². The SMILES string of the molecule is CC[C@@H](C)NC(=O)[C@@H](CC)N(Cc1cccc(OC)c1)C(=O)CN(c1ccccc1F)S(=O)(=O)N(C)C. The van der Waals surface area contributed by atoms with E-state index in [0.717, 1.165) is 14.7 Å². The summed E-state index contributed by atoms with van der Waals surface area (Å²) >= 11 is 0. The third-order valence-corrected chi connectivity index (χ3v) is 7.82. The van der Waals surface area contributed by atoms with Gasteiger partial charge in [0.1, 0.15) is 24.2 Å². The van der Waals surface area contributed by atoms with Crippen LogP contribution in [0.4, 0.5) is 10.1 Å². The highest BCUT2D eigenvalue weighted by molar-refractivity contribution is 7.90. The van der Waals surface area contributed by atoms with Gasteiger partial charge in [0.15, 0.2) is 0 Å². The summed E-state index contributed by atoms with van der Waals surface area (Å²) in [7, 11) is -0.118. The maximum atomic E-state index is 14.7. The molecule has 0 unspecified atom stereocenters. The van der Waals surface area contributed by atoms with Crippen LogP contribution in [-0.4, -0.2) is 69.3 Å². The van der Waals surface area contributed by atoms with Crippen molar-refractivity contribution >= 4 is 27.7 Å². The van der Waals surface area contributed by atoms with Crippen LogP contribution in [-0.2, 0) is 26.3 Å². The van der Waals surface area contributed by atoms with Crippen LogP contribution in [0.25, 0.3) is 0 Å². The number of carbonyl (C=O) groups is 2. The van der Waals surface area contributed by atoms with Gasteiger partial charge in [-0.2, -0.15) is 12.7 Å². The molecule has 0 aromatic heterocycles. The molecular weight excluding hydrogens is 499 g/mol. The maximum absolute atomic E-state index is 14.7. The Labute approximate surface area is 219 Å². The Balaban J connectivity index is 2.54. The van der Waals surface area contributed by atoms with Crippen LogP contribution in [0.1, 0.15) is 39.2 Å². The minimum absolute atomic E-state index is 0.0234. The van der Waals surface area contributed by atoms with Crippen LogP contribution in [0.3, 0.4) is 0 Å². The first-order chi connectivity index (χ1) is 17.5. The van der Waals surface area contributed by atoms with Gasteiger partial charge in [-0.3, -0.25) is 9.59 Å². The number of nitrogens with one attached hydrogen (secondary N) is 1. The number of rotatable bonds is 13. The fourth-order valence-electron chi connectivity index (χ4n) is 3.68. The Bertz CT molecular complexity index is 1180. The number of hydrogen-bond donors (Lipinski definition) is 1. The highest BCUT2D eigenvalue weighted by Gasteiger charge is 2.34. The van der Waals surface area contributed by atoms with Crippen molar-refractivity contribution in [1.82, 2.24) is 14.5 Å². The molecule has 37 heavy (non-hydrogen) atoms. The van der Waals surface area contributed by atoms with Crippen LogP contribution in [0.15, 0.2) is 48.5 Å². The van der Waals surface area contributed by atoms with Crippen molar-refractivity contribution in [1.29, 1.82) is 0 Å². The Hall–Kier alpha value is -3.18. The number of ether oxygens (including phenoxy) is 1. The molecule has 0 spiro atoms. The van der Waals surface area contributed by atoms with E-state index < -0.39 is 34.5 Å². The van der Waals surface area contributed by atoms with Crippen molar-refractivity contribution in [2.75, 3.05) is 32.1 Å². The first-order valence-electron chi connectivity index (χ1n) is 12.1. The lowest BCUT2D eigenvalue weighted by molar-refractivity contribution is -0.140. The molecule has 11 heteroatoms. The molecule has 1 N–H and O–H groups in total. The lowest BCUT2D eigenvalue weighted by Gasteiger charge is -2.34. The van der Waals surface area contributed by atoms with Gasteiger partial charge in [-0.05, 0) is 49.6 Å². The Kier molecular flexibility index (Phi) is 10.9. The predicted octanol–water partition coefficient (Wildman–Crippen LogP) is 3.17. The average molecular weight is 537 g/mol. The number of anilines is 1. The number of nitrogens with zero attached hydrogens (tertiary/aromatic N) is 3. The predicted molar refractivity (Wildman–Crippen MR) is 142 cm³/mol. The lowest BCUT2D eigenvalue weighted by atomic mass is 10.1. The van der Waals surface area contributed by atoms with Gasteiger partial charge in [-0.15, -0.1) is 0 Å². The van der Waals surface area contributed by atoms with Gasteiger partial charge in [-0.1, -0.05) is 38.1 Å². The number of benzene rings is 2. The molecule has 0 heterocycles. The van der Waals surface area contributed by atoms with E-state index in [1.54, 1.807) is 31.2 Å². The van der Waals surface area contributed by atoms with Gasteiger partial charge in [0, 0.05) is 26.7 Å². The summed E-state index contributed by atoms with van der Waals surface area (Å²) in [4.78, 5) is 28.3. The summed E-state index contributed by atoms with van der Waals surface area (Å²) < 4.78 is 48.0. The molecule has 2 rings (SSSR count). The van der Waals surface area contributed by atoms with Crippen molar-refractivity contribution in [3.05, 3.63) is 59.9 Å². The standard InChI is InChI=1S/C26H37FN4O5S/c1-7-19(3)28-26(33)23(8-2)30(17-20-12-11-13-21(16-20)36-6)25(32)18-31(37(34,35)29(4)5)24-15-10-9-14-22(24)27/h9-16,19,23H,7-8,17-18H2,1-6H3,(H,28,33)/t19-,23-/m1/s1. The zero-order valence-electron chi connectivity index (χ0n) is 22.3. The molecule has 2 aromatic carbocycles. The van der Waals surface area contributed by atoms with E-state index in [1.807, 2.05) is 13.8 Å².